The van der Waals surface area contributed by atoms with Gasteiger partial charge in [0.05, 0.1) is 18.0 Å². The zero-order valence-corrected chi connectivity index (χ0v) is 9.88. The van der Waals surface area contributed by atoms with E-state index in [0.717, 1.165) is 0 Å². The summed E-state index contributed by atoms with van der Waals surface area (Å²) in [4.78, 5) is 20.5. The molecule has 98 valence electrons. The Hall–Kier alpha value is -2.15. The first kappa shape index (κ1) is 13.9. The van der Waals surface area contributed by atoms with Crippen LogP contribution < -0.4 is 5.32 Å². The van der Waals surface area contributed by atoms with Crippen molar-refractivity contribution in [3.8, 4) is 0 Å². The van der Waals surface area contributed by atoms with Gasteiger partial charge in [0.1, 0.15) is 0 Å². The van der Waals surface area contributed by atoms with E-state index < -0.39 is 10.9 Å². The lowest BCUT2D eigenvalue weighted by molar-refractivity contribution is -0.384. The molecule has 0 radical (unpaired) electrons. The fraction of sp³-hybridized carbons (Fsp3) is 0.364. The Balaban J connectivity index is 2.82. The number of carboxylic acid groups (broad SMARTS) is 1. The minimum Gasteiger partial charge on any atom is -0.481 e. The Kier molecular flexibility index (Phi) is 5.06. The van der Waals surface area contributed by atoms with Crippen molar-refractivity contribution in [2.75, 3.05) is 19.0 Å². The maximum Gasteiger partial charge on any atom is 0.305 e. The number of nitrogens with one attached hydrogen (secondary N) is 1. The third-order valence-corrected chi connectivity index (χ3v) is 2.25. The van der Waals surface area contributed by atoms with Crippen LogP contribution in [-0.2, 0) is 16.1 Å². The summed E-state index contributed by atoms with van der Waals surface area (Å²) in [5, 5.41) is 22.1. The average molecular weight is 254 g/mol. The van der Waals surface area contributed by atoms with Gasteiger partial charge in [-0.25, -0.2) is 0 Å². The average Bonchev–Trinajstić information content (AvgIpc) is 2.30. The number of benzene rings is 1. The fourth-order valence-electron chi connectivity index (χ4n) is 1.45. The molecule has 18 heavy (non-hydrogen) atoms. The second-order valence-electron chi connectivity index (χ2n) is 3.60. The zero-order chi connectivity index (χ0) is 13.5. The summed E-state index contributed by atoms with van der Waals surface area (Å²) in [6, 6.07) is 4.32. The first-order valence-electron chi connectivity index (χ1n) is 5.26. The predicted molar refractivity (Wildman–Crippen MR) is 64.6 cm³/mol. The fourth-order valence-corrected chi connectivity index (χ4v) is 1.45. The van der Waals surface area contributed by atoms with E-state index in [2.05, 4.69) is 5.32 Å². The minimum atomic E-state index is -0.905. The second kappa shape index (κ2) is 6.55. The van der Waals surface area contributed by atoms with Crippen LogP contribution in [0.4, 0.5) is 11.4 Å². The quantitative estimate of drug-likeness (QED) is 0.566. The minimum absolute atomic E-state index is 0.0224. The van der Waals surface area contributed by atoms with Crippen molar-refractivity contribution < 1.29 is 19.6 Å². The molecule has 0 atom stereocenters. The number of nitro groups is 1. The second-order valence-corrected chi connectivity index (χ2v) is 3.60. The lowest BCUT2D eigenvalue weighted by atomic mass is 10.1. The maximum atomic E-state index is 10.6. The van der Waals surface area contributed by atoms with Crippen molar-refractivity contribution in [1.29, 1.82) is 0 Å². The Morgan fingerprint density at radius 3 is 2.83 bits per heavy atom. The van der Waals surface area contributed by atoms with E-state index in [9.17, 15) is 14.9 Å². The Morgan fingerprint density at radius 2 is 2.28 bits per heavy atom. The highest BCUT2D eigenvalue weighted by Crippen LogP contribution is 2.22. The molecule has 0 bridgehead atoms. The monoisotopic (exact) mass is 254 g/mol. The molecule has 1 aromatic rings. The molecule has 0 aliphatic heterocycles. The third kappa shape index (κ3) is 4.02. The van der Waals surface area contributed by atoms with E-state index in [0.29, 0.717) is 11.3 Å². The Morgan fingerprint density at radius 1 is 1.56 bits per heavy atom. The molecule has 1 rings (SSSR count). The molecule has 0 aromatic heterocycles. The summed E-state index contributed by atoms with van der Waals surface area (Å²) in [6.45, 7) is 0.473. The number of carboxylic acids is 1. The molecule has 7 heteroatoms. The van der Waals surface area contributed by atoms with E-state index in [-0.39, 0.29) is 25.3 Å². The van der Waals surface area contributed by atoms with Crippen LogP contribution in [-0.4, -0.2) is 29.7 Å². The van der Waals surface area contributed by atoms with Gasteiger partial charge in [-0.15, -0.1) is 0 Å². The standard InChI is InChI=1S/C11H14N2O5/c1-18-7-8-6-9(13(16)17)2-3-10(8)12-5-4-11(14)15/h2-3,6,12H,4-5,7H2,1H3,(H,14,15). The first-order chi connectivity index (χ1) is 8.54. The van der Waals surface area contributed by atoms with Crippen LogP contribution in [0, 0.1) is 10.1 Å². The number of anilines is 1. The van der Waals surface area contributed by atoms with Gasteiger partial charge in [0.15, 0.2) is 0 Å². The van der Waals surface area contributed by atoms with Gasteiger partial charge in [-0.1, -0.05) is 0 Å². The summed E-state index contributed by atoms with van der Waals surface area (Å²) < 4.78 is 4.95. The lowest BCUT2D eigenvalue weighted by Gasteiger charge is -2.10. The van der Waals surface area contributed by atoms with Crippen molar-refractivity contribution >= 4 is 17.3 Å². The van der Waals surface area contributed by atoms with Gasteiger partial charge in [-0.3, -0.25) is 14.9 Å². The number of ether oxygens (including phenoxy) is 1. The summed E-state index contributed by atoms with van der Waals surface area (Å²) in [6.07, 6.45) is -0.0244. The molecular formula is C11H14N2O5. The van der Waals surface area contributed by atoms with Gasteiger partial charge in [0, 0.05) is 37.0 Å². The smallest absolute Gasteiger partial charge is 0.305 e. The third-order valence-electron chi connectivity index (χ3n) is 2.25. The molecule has 0 saturated carbocycles. The van der Waals surface area contributed by atoms with Crippen LogP contribution in [0.3, 0.4) is 0 Å². The van der Waals surface area contributed by atoms with Crippen LogP contribution in [0.25, 0.3) is 0 Å². The summed E-state index contributed by atoms with van der Waals surface area (Å²) in [5.74, 6) is -0.905. The van der Waals surface area contributed by atoms with E-state index in [1.54, 1.807) is 6.07 Å². The number of rotatable bonds is 7. The molecule has 0 aliphatic carbocycles. The van der Waals surface area contributed by atoms with Crippen LogP contribution in [0.5, 0.6) is 0 Å². The van der Waals surface area contributed by atoms with Crippen molar-refractivity contribution in [2.45, 2.75) is 13.0 Å². The molecular weight excluding hydrogens is 240 g/mol. The van der Waals surface area contributed by atoms with Crippen LogP contribution in [0.2, 0.25) is 0 Å². The molecule has 0 amide bonds. The largest absolute Gasteiger partial charge is 0.481 e. The van der Waals surface area contributed by atoms with Crippen LogP contribution in [0.15, 0.2) is 18.2 Å². The van der Waals surface area contributed by atoms with Gasteiger partial charge >= 0.3 is 5.97 Å². The van der Waals surface area contributed by atoms with Crippen molar-refractivity contribution in [3.63, 3.8) is 0 Å². The normalized spacial score (nSPS) is 10.1. The molecule has 0 aliphatic rings. The van der Waals surface area contributed by atoms with E-state index >= 15 is 0 Å². The molecule has 0 unspecified atom stereocenters. The van der Waals surface area contributed by atoms with Gasteiger partial charge < -0.3 is 15.2 Å². The van der Waals surface area contributed by atoms with Gasteiger partial charge in [-0.2, -0.15) is 0 Å². The molecule has 0 saturated heterocycles. The van der Waals surface area contributed by atoms with Crippen LogP contribution in [0.1, 0.15) is 12.0 Å². The highest BCUT2D eigenvalue weighted by Gasteiger charge is 2.10. The van der Waals surface area contributed by atoms with Crippen molar-refractivity contribution in [2.24, 2.45) is 0 Å². The molecule has 0 spiro atoms. The molecule has 1 aromatic carbocycles. The number of methoxy groups -OCH3 is 1. The number of nitro benzene ring substituents is 1. The van der Waals surface area contributed by atoms with E-state index in [1.165, 1.54) is 19.2 Å². The highest BCUT2D eigenvalue weighted by atomic mass is 16.6. The number of carbonyl (C=O) groups is 1. The highest BCUT2D eigenvalue weighted by molar-refractivity contribution is 5.67. The van der Waals surface area contributed by atoms with E-state index in [4.69, 9.17) is 9.84 Å². The zero-order valence-electron chi connectivity index (χ0n) is 9.88. The van der Waals surface area contributed by atoms with Gasteiger partial charge in [-0.05, 0) is 6.07 Å². The maximum absolute atomic E-state index is 10.6. The van der Waals surface area contributed by atoms with Gasteiger partial charge in [0.2, 0.25) is 0 Å². The number of aliphatic carboxylic acids is 1. The lowest BCUT2D eigenvalue weighted by Crippen LogP contribution is -2.09. The van der Waals surface area contributed by atoms with Crippen LogP contribution >= 0.6 is 0 Å². The summed E-state index contributed by atoms with van der Waals surface area (Å²) in [7, 11) is 1.49. The Bertz CT molecular complexity index is 447. The number of hydrogen-bond donors (Lipinski definition) is 2. The molecule has 7 nitrogen and oxygen atoms in total. The summed E-state index contributed by atoms with van der Waals surface area (Å²) in [5.41, 5.74) is 1.24. The molecule has 0 fully saturated rings. The topological polar surface area (TPSA) is 102 Å². The number of hydrogen-bond acceptors (Lipinski definition) is 5. The van der Waals surface area contributed by atoms with Crippen molar-refractivity contribution in [3.05, 3.63) is 33.9 Å². The van der Waals surface area contributed by atoms with Gasteiger partial charge in [0.25, 0.3) is 5.69 Å². The number of non-ortho nitro benzene ring substituents is 1. The Labute approximate surface area is 104 Å². The van der Waals surface area contributed by atoms with E-state index in [1.807, 2.05) is 0 Å². The predicted octanol–water partition coefficient (Wildman–Crippen LogP) is 1.63. The molecule has 2 N–H and O–H groups in total. The molecule has 0 heterocycles. The summed E-state index contributed by atoms with van der Waals surface area (Å²) >= 11 is 0. The van der Waals surface area contributed by atoms with Crippen molar-refractivity contribution in [1.82, 2.24) is 0 Å². The SMILES string of the molecule is COCc1cc([N+](=O)[O-])ccc1NCCC(=O)O. The first-order valence-corrected chi connectivity index (χ1v) is 5.26. The number of nitrogens with zero attached hydrogens (tertiary/aromatic N) is 1.